The van der Waals surface area contributed by atoms with Gasteiger partial charge in [-0.2, -0.15) is 4.31 Å². The average Bonchev–Trinajstić information content (AvgIpc) is 2.67. The first-order valence-electron chi connectivity index (χ1n) is 11.1. The summed E-state index contributed by atoms with van der Waals surface area (Å²) in [7, 11) is -3.53. The Hall–Kier alpha value is -0.950. The molecule has 0 aliphatic carbocycles. The lowest BCUT2D eigenvalue weighted by molar-refractivity contribution is 0.0979. The number of ether oxygens (including phenoxy) is 1. The lowest BCUT2D eigenvalue weighted by Crippen LogP contribution is -2.49. The first-order valence-corrected chi connectivity index (χ1v) is 12.5. The monoisotopic (exact) mass is 424 g/mol. The molecule has 0 radical (unpaired) electrons. The molecule has 1 saturated heterocycles. The molecule has 1 fully saturated rings. The molecule has 1 aliphatic heterocycles. The van der Waals surface area contributed by atoms with Crippen LogP contribution in [0.25, 0.3) is 0 Å². The smallest absolute Gasteiger partial charge is 0.243 e. The maximum absolute atomic E-state index is 13.8. The van der Waals surface area contributed by atoms with E-state index in [1.807, 2.05) is 6.92 Å². The largest absolute Gasteiger partial charge is 0.380 e. The van der Waals surface area contributed by atoms with E-state index in [2.05, 4.69) is 58.6 Å². The molecule has 0 saturated carbocycles. The lowest BCUT2D eigenvalue weighted by Gasteiger charge is -2.35. The molecule has 0 amide bonds. The third-order valence-electron chi connectivity index (χ3n) is 5.76. The van der Waals surface area contributed by atoms with E-state index in [-0.39, 0.29) is 11.8 Å². The summed E-state index contributed by atoms with van der Waals surface area (Å²) < 4.78 is 34.7. The van der Waals surface area contributed by atoms with Crippen molar-refractivity contribution in [3.05, 3.63) is 28.8 Å². The molecular formula is C23H40N2O3S. The normalized spacial score (nSPS) is 17.0. The summed E-state index contributed by atoms with van der Waals surface area (Å²) in [5.74, 6) is 0.683. The fourth-order valence-corrected chi connectivity index (χ4v) is 5.94. The maximum Gasteiger partial charge on any atom is 0.243 e. The summed E-state index contributed by atoms with van der Waals surface area (Å²) in [5, 5.41) is 0. The van der Waals surface area contributed by atoms with Crippen molar-refractivity contribution in [2.24, 2.45) is 0 Å². The highest BCUT2D eigenvalue weighted by atomic mass is 32.2. The van der Waals surface area contributed by atoms with Crippen molar-refractivity contribution in [1.82, 2.24) is 9.21 Å². The first-order chi connectivity index (χ1) is 13.6. The molecule has 166 valence electrons. The van der Waals surface area contributed by atoms with E-state index in [1.54, 1.807) is 4.31 Å². The van der Waals surface area contributed by atoms with Crippen molar-refractivity contribution in [3.63, 3.8) is 0 Å². The minimum absolute atomic E-state index is 0.156. The van der Waals surface area contributed by atoms with Crippen LogP contribution < -0.4 is 0 Å². The third kappa shape index (κ3) is 5.81. The van der Waals surface area contributed by atoms with Crippen LogP contribution in [0.3, 0.4) is 0 Å². The molecule has 1 heterocycles. The molecule has 0 spiro atoms. The Morgan fingerprint density at radius 3 is 1.83 bits per heavy atom. The van der Waals surface area contributed by atoms with Gasteiger partial charge in [-0.15, -0.1) is 0 Å². The molecule has 2 rings (SSSR count). The van der Waals surface area contributed by atoms with E-state index >= 15 is 0 Å². The van der Waals surface area contributed by atoms with Gasteiger partial charge in [0.1, 0.15) is 0 Å². The van der Waals surface area contributed by atoms with Crippen molar-refractivity contribution in [3.8, 4) is 0 Å². The van der Waals surface area contributed by atoms with Crippen LogP contribution in [0.2, 0.25) is 0 Å². The Labute approximate surface area is 178 Å². The van der Waals surface area contributed by atoms with Crippen LogP contribution in [-0.2, 0) is 14.8 Å². The second-order valence-electron chi connectivity index (χ2n) is 8.94. The van der Waals surface area contributed by atoms with Gasteiger partial charge in [0.05, 0.1) is 11.5 Å². The van der Waals surface area contributed by atoms with E-state index < -0.39 is 10.0 Å². The molecule has 0 unspecified atom stereocenters. The average molecular weight is 425 g/mol. The zero-order valence-corrected chi connectivity index (χ0v) is 20.2. The van der Waals surface area contributed by atoms with E-state index in [0.717, 1.165) is 37.4 Å². The molecule has 0 N–H and O–H groups in total. The second kappa shape index (κ2) is 10.4. The number of hydrogen-bond donors (Lipinski definition) is 0. The lowest BCUT2D eigenvalue weighted by atomic mass is 9.89. The fourth-order valence-electron chi connectivity index (χ4n) is 3.85. The molecule has 1 aliphatic rings. The Morgan fingerprint density at radius 1 is 0.897 bits per heavy atom. The number of hydrogen-bond acceptors (Lipinski definition) is 4. The van der Waals surface area contributed by atoms with E-state index in [1.165, 1.54) is 5.56 Å². The predicted octanol–water partition coefficient (Wildman–Crippen LogP) is 4.40. The standard InChI is InChI=1S/C23H40N2O3S/c1-8-28-14-13-24-9-11-25(12-10-24)29(26,27)23-21(18(4)5)15-20(17(2)3)16-22(23)19(6)7/h15-19H,8-14H2,1-7H3. The van der Waals surface area contributed by atoms with Crippen LogP contribution in [0.15, 0.2) is 17.0 Å². The SMILES string of the molecule is CCOCCN1CCN(S(=O)(=O)c2c(C(C)C)cc(C(C)C)cc2C(C)C)CC1. The highest BCUT2D eigenvalue weighted by Crippen LogP contribution is 2.36. The van der Waals surface area contributed by atoms with Crippen molar-refractivity contribution in [2.75, 3.05) is 45.9 Å². The van der Waals surface area contributed by atoms with Crippen LogP contribution in [-0.4, -0.2) is 63.6 Å². The number of piperazine rings is 1. The highest BCUT2D eigenvalue weighted by molar-refractivity contribution is 7.89. The van der Waals surface area contributed by atoms with Crippen LogP contribution in [0.5, 0.6) is 0 Å². The van der Waals surface area contributed by atoms with Gasteiger partial charge >= 0.3 is 0 Å². The van der Waals surface area contributed by atoms with Gasteiger partial charge in [-0.05, 0) is 41.4 Å². The van der Waals surface area contributed by atoms with Crippen molar-refractivity contribution in [1.29, 1.82) is 0 Å². The van der Waals surface area contributed by atoms with Gasteiger partial charge in [-0.1, -0.05) is 53.7 Å². The van der Waals surface area contributed by atoms with Gasteiger partial charge < -0.3 is 4.74 Å². The van der Waals surface area contributed by atoms with Crippen molar-refractivity contribution >= 4 is 10.0 Å². The number of nitrogens with zero attached hydrogens (tertiary/aromatic N) is 2. The van der Waals surface area contributed by atoms with Gasteiger partial charge in [0.15, 0.2) is 0 Å². The number of sulfonamides is 1. The molecule has 0 bridgehead atoms. The highest BCUT2D eigenvalue weighted by Gasteiger charge is 2.33. The van der Waals surface area contributed by atoms with Gasteiger partial charge in [0, 0.05) is 39.3 Å². The Bertz CT molecular complexity index is 735. The maximum atomic E-state index is 13.8. The number of benzene rings is 1. The summed E-state index contributed by atoms with van der Waals surface area (Å²) in [6.07, 6.45) is 0. The molecule has 29 heavy (non-hydrogen) atoms. The first kappa shape index (κ1) is 24.3. The van der Waals surface area contributed by atoms with Crippen LogP contribution >= 0.6 is 0 Å². The van der Waals surface area contributed by atoms with Crippen LogP contribution in [0.4, 0.5) is 0 Å². The Kier molecular flexibility index (Phi) is 8.71. The molecule has 1 aromatic carbocycles. The zero-order chi connectivity index (χ0) is 21.8. The summed E-state index contributed by atoms with van der Waals surface area (Å²) in [5.41, 5.74) is 3.13. The van der Waals surface area contributed by atoms with Crippen molar-refractivity contribution < 1.29 is 13.2 Å². The molecule has 0 atom stereocenters. The molecule has 5 nitrogen and oxygen atoms in total. The van der Waals surface area contributed by atoms with E-state index in [4.69, 9.17) is 4.74 Å². The quantitative estimate of drug-likeness (QED) is 0.551. The van der Waals surface area contributed by atoms with Gasteiger partial charge in [-0.3, -0.25) is 4.90 Å². The second-order valence-corrected chi connectivity index (χ2v) is 10.8. The number of rotatable bonds is 9. The molecule has 1 aromatic rings. The van der Waals surface area contributed by atoms with E-state index in [9.17, 15) is 8.42 Å². The summed E-state index contributed by atoms with van der Waals surface area (Å²) in [6, 6.07) is 4.23. The minimum Gasteiger partial charge on any atom is -0.380 e. The molecule has 6 heteroatoms. The van der Waals surface area contributed by atoms with Gasteiger partial charge in [0.25, 0.3) is 0 Å². The fraction of sp³-hybridized carbons (Fsp3) is 0.739. The van der Waals surface area contributed by atoms with Gasteiger partial charge in [-0.25, -0.2) is 8.42 Å². The summed E-state index contributed by atoms with van der Waals surface area (Å²) in [4.78, 5) is 2.84. The molecular weight excluding hydrogens is 384 g/mol. The van der Waals surface area contributed by atoms with Gasteiger partial charge in [0.2, 0.25) is 10.0 Å². The Balaban J connectivity index is 2.37. The van der Waals surface area contributed by atoms with Crippen molar-refractivity contribution in [2.45, 2.75) is 71.1 Å². The Morgan fingerprint density at radius 2 is 1.41 bits per heavy atom. The topological polar surface area (TPSA) is 49.9 Å². The van der Waals surface area contributed by atoms with E-state index in [0.29, 0.717) is 30.5 Å². The summed E-state index contributed by atoms with van der Waals surface area (Å²) in [6.45, 7) is 19.6. The van der Waals surface area contributed by atoms with Crippen LogP contribution in [0.1, 0.15) is 82.9 Å². The minimum atomic E-state index is -3.53. The summed E-state index contributed by atoms with van der Waals surface area (Å²) >= 11 is 0. The molecule has 0 aromatic heterocycles. The predicted molar refractivity (Wildman–Crippen MR) is 120 cm³/mol. The van der Waals surface area contributed by atoms with Crippen LogP contribution in [0, 0.1) is 0 Å². The zero-order valence-electron chi connectivity index (χ0n) is 19.4. The third-order valence-corrected chi connectivity index (χ3v) is 7.80.